The first kappa shape index (κ1) is 15.1. The van der Waals surface area contributed by atoms with E-state index < -0.39 is 23.5 Å². The summed E-state index contributed by atoms with van der Waals surface area (Å²) in [4.78, 5) is 12.3. The van der Waals surface area contributed by atoms with Crippen LogP contribution >= 0.6 is 0 Å². The number of carboxylic acid groups (broad SMARTS) is 1. The number of nitrogens with zero attached hydrogens (tertiary/aromatic N) is 1. The van der Waals surface area contributed by atoms with Gasteiger partial charge >= 0.3 is 5.97 Å². The van der Waals surface area contributed by atoms with Gasteiger partial charge < -0.3 is 10.0 Å². The highest BCUT2D eigenvalue weighted by atomic mass is 19.1. The molecule has 5 heteroatoms. The smallest absolute Gasteiger partial charge is 0.308 e. The van der Waals surface area contributed by atoms with Crippen molar-refractivity contribution in [2.24, 2.45) is 5.92 Å². The van der Waals surface area contributed by atoms with Crippen LogP contribution in [0.1, 0.15) is 13.8 Å². The van der Waals surface area contributed by atoms with Crippen LogP contribution in [0.2, 0.25) is 0 Å². The summed E-state index contributed by atoms with van der Waals surface area (Å²) in [6.07, 6.45) is 0. The Labute approximate surface area is 111 Å². The van der Waals surface area contributed by atoms with Gasteiger partial charge in [0.15, 0.2) is 0 Å². The molecule has 0 aliphatic heterocycles. The molecule has 0 aliphatic carbocycles. The molecule has 1 unspecified atom stereocenters. The van der Waals surface area contributed by atoms with Crippen LogP contribution in [0.25, 0.3) is 0 Å². The fraction of sp³-hybridized carbons (Fsp3) is 0.357. The normalized spacial score (nSPS) is 12.0. The Bertz CT molecular complexity index is 468. The summed E-state index contributed by atoms with van der Waals surface area (Å²) in [7, 11) is 0. The van der Waals surface area contributed by atoms with E-state index in [-0.39, 0.29) is 18.8 Å². The van der Waals surface area contributed by atoms with Crippen LogP contribution in [-0.2, 0) is 4.79 Å². The topological polar surface area (TPSA) is 40.5 Å². The second-order valence-electron chi connectivity index (χ2n) is 4.65. The van der Waals surface area contributed by atoms with Crippen molar-refractivity contribution in [1.29, 1.82) is 0 Å². The van der Waals surface area contributed by atoms with Gasteiger partial charge in [-0.05, 0) is 19.1 Å². The average Bonchev–Trinajstić information content (AvgIpc) is 2.27. The summed E-state index contributed by atoms with van der Waals surface area (Å²) in [6, 6.07) is 3.57. The Hall–Kier alpha value is -1.91. The first-order valence-corrected chi connectivity index (χ1v) is 5.89. The van der Waals surface area contributed by atoms with Crippen LogP contribution in [0.5, 0.6) is 0 Å². The molecule has 0 fully saturated rings. The van der Waals surface area contributed by atoms with Crippen molar-refractivity contribution >= 4 is 11.7 Å². The van der Waals surface area contributed by atoms with Crippen LogP contribution in [-0.4, -0.2) is 24.2 Å². The second-order valence-corrected chi connectivity index (χ2v) is 4.65. The second kappa shape index (κ2) is 6.31. The number of halogens is 2. The molecular weight excluding hydrogens is 252 g/mol. The highest BCUT2D eigenvalue weighted by molar-refractivity contribution is 5.70. The van der Waals surface area contributed by atoms with Crippen molar-refractivity contribution in [2.75, 3.05) is 18.0 Å². The number of carbonyl (C=O) groups is 1. The van der Waals surface area contributed by atoms with E-state index >= 15 is 0 Å². The van der Waals surface area contributed by atoms with E-state index in [9.17, 15) is 13.6 Å². The first-order chi connectivity index (χ1) is 8.82. The molecule has 1 rings (SSSR count). The maximum atomic E-state index is 13.7. The first-order valence-electron chi connectivity index (χ1n) is 5.89. The minimum Gasteiger partial charge on any atom is -0.481 e. The lowest BCUT2D eigenvalue weighted by Gasteiger charge is -2.27. The largest absolute Gasteiger partial charge is 0.481 e. The summed E-state index contributed by atoms with van der Waals surface area (Å²) >= 11 is 0. The Morgan fingerprint density at radius 1 is 1.42 bits per heavy atom. The van der Waals surface area contributed by atoms with Crippen LogP contribution in [0.15, 0.2) is 30.4 Å². The molecular formula is C14H17F2NO2. The fourth-order valence-electron chi connectivity index (χ4n) is 1.76. The number of hydrogen-bond acceptors (Lipinski definition) is 2. The highest BCUT2D eigenvalue weighted by Gasteiger charge is 2.21. The molecule has 104 valence electrons. The quantitative estimate of drug-likeness (QED) is 0.807. The van der Waals surface area contributed by atoms with Crippen LogP contribution in [0, 0.1) is 17.6 Å². The molecule has 0 saturated heterocycles. The lowest BCUT2D eigenvalue weighted by Crippen LogP contribution is -2.34. The van der Waals surface area contributed by atoms with Gasteiger partial charge in [-0.2, -0.15) is 0 Å². The molecule has 0 amide bonds. The monoisotopic (exact) mass is 269 g/mol. The van der Waals surface area contributed by atoms with E-state index in [1.54, 1.807) is 6.92 Å². The molecule has 3 nitrogen and oxygen atoms in total. The average molecular weight is 269 g/mol. The Morgan fingerprint density at radius 2 is 1.95 bits per heavy atom. The molecule has 0 saturated carbocycles. The van der Waals surface area contributed by atoms with E-state index in [2.05, 4.69) is 6.58 Å². The molecule has 0 aliphatic rings. The molecule has 0 radical (unpaired) electrons. The van der Waals surface area contributed by atoms with Crippen molar-refractivity contribution in [1.82, 2.24) is 0 Å². The van der Waals surface area contributed by atoms with Crippen molar-refractivity contribution < 1.29 is 18.7 Å². The zero-order valence-electron chi connectivity index (χ0n) is 11.0. The van der Waals surface area contributed by atoms with E-state index in [1.807, 2.05) is 0 Å². The molecule has 0 aromatic heterocycles. The zero-order valence-corrected chi connectivity index (χ0v) is 11.0. The van der Waals surface area contributed by atoms with Crippen molar-refractivity contribution in [3.8, 4) is 0 Å². The SMILES string of the molecule is C=C(C)CN(CC(C)C(=O)O)c1c(F)cccc1F. The van der Waals surface area contributed by atoms with Crippen molar-refractivity contribution in [3.05, 3.63) is 42.0 Å². The summed E-state index contributed by atoms with van der Waals surface area (Å²) in [5, 5.41) is 8.91. The lowest BCUT2D eigenvalue weighted by molar-refractivity contribution is -0.140. The molecule has 0 bridgehead atoms. The minimum absolute atomic E-state index is 0.0139. The maximum absolute atomic E-state index is 13.7. The fourth-order valence-corrected chi connectivity index (χ4v) is 1.76. The standard InChI is InChI=1S/C14H17F2NO2/c1-9(2)7-17(8-10(3)14(18)19)13-11(15)5-4-6-12(13)16/h4-6,10H,1,7-8H2,2-3H3,(H,18,19). The van der Waals surface area contributed by atoms with Crippen LogP contribution in [0.4, 0.5) is 14.5 Å². The maximum Gasteiger partial charge on any atom is 0.308 e. The van der Waals surface area contributed by atoms with Gasteiger partial charge in [0.2, 0.25) is 0 Å². The molecule has 0 heterocycles. The third kappa shape index (κ3) is 4.05. The molecule has 19 heavy (non-hydrogen) atoms. The van der Waals surface area contributed by atoms with Crippen LogP contribution in [0.3, 0.4) is 0 Å². The Kier molecular flexibility index (Phi) is 5.03. The van der Waals surface area contributed by atoms with Crippen molar-refractivity contribution in [3.63, 3.8) is 0 Å². The van der Waals surface area contributed by atoms with Gasteiger partial charge in [-0.25, -0.2) is 8.78 Å². The highest BCUT2D eigenvalue weighted by Crippen LogP contribution is 2.24. The van der Waals surface area contributed by atoms with Gasteiger partial charge in [0.25, 0.3) is 0 Å². The predicted molar refractivity (Wildman–Crippen MR) is 70.2 cm³/mol. The van der Waals surface area contributed by atoms with Gasteiger partial charge in [-0.1, -0.05) is 25.1 Å². The number of hydrogen-bond donors (Lipinski definition) is 1. The molecule has 1 atom stereocenters. The number of rotatable bonds is 6. The third-order valence-electron chi connectivity index (χ3n) is 2.63. The molecule has 1 aromatic rings. The van der Waals surface area contributed by atoms with Gasteiger partial charge in [0.05, 0.1) is 5.92 Å². The predicted octanol–water partition coefficient (Wildman–Crippen LogP) is 3.07. The van der Waals surface area contributed by atoms with E-state index in [1.165, 1.54) is 17.9 Å². The van der Waals surface area contributed by atoms with E-state index in [0.29, 0.717) is 5.57 Å². The van der Waals surface area contributed by atoms with Crippen molar-refractivity contribution in [2.45, 2.75) is 13.8 Å². The molecule has 0 spiro atoms. The Morgan fingerprint density at radius 3 is 2.37 bits per heavy atom. The van der Waals surface area contributed by atoms with E-state index in [4.69, 9.17) is 5.11 Å². The van der Waals surface area contributed by atoms with Gasteiger partial charge in [0, 0.05) is 13.1 Å². The summed E-state index contributed by atoms with van der Waals surface area (Å²) in [5.74, 6) is -3.17. The number of carboxylic acids is 1. The zero-order chi connectivity index (χ0) is 14.6. The molecule has 1 aromatic carbocycles. The summed E-state index contributed by atoms with van der Waals surface area (Å²) in [5.41, 5.74) is 0.485. The van der Waals surface area contributed by atoms with Gasteiger partial charge in [-0.3, -0.25) is 4.79 Å². The Balaban J connectivity index is 3.09. The number of para-hydroxylation sites is 1. The summed E-state index contributed by atoms with van der Waals surface area (Å²) < 4.78 is 27.5. The number of aliphatic carboxylic acids is 1. The summed E-state index contributed by atoms with van der Waals surface area (Å²) in [6.45, 7) is 7.13. The third-order valence-corrected chi connectivity index (χ3v) is 2.63. The van der Waals surface area contributed by atoms with E-state index in [0.717, 1.165) is 12.1 Å². The number of benzene rings is 1. The lowest BCUT2D eigenvalue weighted by atomic mass is 10.1. The van der Waals surface area contributed by atoms with Crippen LogP contribution < -0.4 is 4.90 Å². The van der Waals surface area contributed by atoms with Gasteiger partial charge in [-0.15, -0.1) is 0 Å². The van der Waals surface area contributed by atoms with Gasteiger partial charge in [0.1, 0.15) is 17.3 Å². The minimum atomic E-state index is -1.01. The number of anilines is 1. The molecule has 1 N–H and O–H groups in total.